The van der Waals surface area contributed by atoms with Crippen molar-refractivity contribution in [2.45, 2.75) is 115 Å². The van der Waals surface area contributed by atoms with Gasteiger partial charge in [-0.2, -0.15) is 13.2 Å². The van der Waals surface area contributed by atoms with Crippen molar-refractivity contribution < 1.29 is 32.2 Å². The fourth-order valence-corrected chi connectivity index (χ4v) is 7.92. The molecule has 11 nitrogen and oxygen atoms in total. The predicted molar refractivity (Wildman–Crippen MR) is 200 cm³/mol. The number of carbonyl (C=O) groups is 1. The second-order valence-corrected chi connectivity index (χ2v) is 15.3. The van der Waals surface area contributed by atoms with Crippen molar-refractivity contribution >= 4 is 23.6 Å². The molecule has 3 aromatic rings. The number of H-pyrrole nitrogens is 1. The zero-order valence-electron chi connectivity index (χ0n) is 31.8. The highest BCUT2D eigenvalue weighted by atomic mass is 32.2. The van der Waals surface area contributed by atoms with Crippen LogP contribution in [0.5, 0.6) is 11.5 Å². The number of aromatic nitrogens is 3. The number of amides is 1. The van der Waals surface area contributed by atoms with Gasteiger partial charge in [0.15, 0.2) is 11.5 Å². The van der Waals surface area contributed by atoms with Gasteiger partial charge in [-0.3, -0.25) is 14.5 Å². The van der Waals surface area contributed by atoms with Gasteiger partial charge in [0, 0.05) is 89.8 Å². The van der Waals surface area contributed by atoms with Crippen molar-refractivity contribution in [3.8, 4) is 22.6 Å². The van der Waals surface area contributed by atoms with Crippen LogP contribution in [0.15, 0.2) is 34.2 Å². The lowest BCUT2D eigenvalue weighted by molar-refractivity contribution is -0.148. The fourth-order valence-electron chi connectivity index (χ4n) is 7.22. The quantitative estimate of drug-likeness (QED) is 0.166. The topological polar surface area (TPSA) is 122 Å². The fraction of sp³-hybridized carbons (Fsp3) is 0.579. The molecular formula is C38H51F3N6O5S. The maximum absolute atomic E-state index is 13.9. The SMILES string of the molecule is CCC[C@H](CCCC1(C)Oc2c(-c3cnc(N4C[C@@H](C)O[C@@H](C)C4)nc3)cc(C(=O)NCc3c(SC)cc(C)[nH]c3=O)c(C)c2O1)N(C)CC(F)(F)F. The van der Waals surface area contributed by atoms with Gasteiger partial charge in [0.25, 0.3) is 11.5 Å². The number of aromatic amines is 1. The van der Waals surface area contributed by atoms with E-state index in [0.717, 1.165) is 17.0 Å². The average molecular weight is 761 g/mol. The predicted octanol–water partition coefficient (Wildman–Crippen LogP) is 7.03. The first-order valence-corrected chi connectivity index (χ1v) is 19.3. The number of halogens is 3. The summed E-state index contributed by atoms with van der Waals surface area (Å²) in [6, 6.07) is 3.36. The van der Waals surface area contributed by atoms with Crippen molar-refractivity contribution in [1.82, 2.24) is 25.2 Å². The zero-order chi connectivity index (χ0) is 38.7. The molecule has 0 spiro atoms. The van der Waals surface area contributed by atoms with Crippen LogP contribution >= 0.6 is 11.8 Å². The summed E-state index contributed by atoms with van der Waals surface area (Å²) in [5.74, 6) is -0.151. The van der Waals surface area contributed by atoms with Gasteiger partial charge in [-0.15, -0.1) is 11.8 Å². The minimum Gasteiger partial charge on any atom is -0.448 e. The third-order valence-electron chi connectivity index (χ3n) is 9.73. The third kappa shape index (κ3) is 9.84. The van der Waals surface area contributed by atoms with Crippen LogP contribution in [0, 0.1) is 13.8 Å². The molecular weight excluding hydrogens is 710 g/mol. The van der Waals surface area contributed by atoms with Crippen LogP contribution in [0.3, 0.4) is 0 Å². The molecule has 2 aromatic heterocycles. The Labute approximate surface area is 313 Å². The van der Waals surface area contributed by atoms with E-state index in [2.05, 4.69) is 25.2 Å². The number of thioether (sulfide) groups is 1. The van der Waals surface area contributed by atoms with Crippen LogP contribution in [0.25, 0.3) is 11.1 Å². The van der Waals surface area contributed by atoms with Crippen LogP contribution in [0.4, 0.5) is 19.1 Å². The molecule has 4 atom stereocenters. The smallest absolute Gasteiger partial charge is 0.401 e. The standard InChI is InChI=1S/C38H51F3N6O5S/c1-9-11-27(46(7)21-38(39,40)41)12-10-13-37(6)51-32-25(5)28(34(48)42-18-30-31(53-8)14-22(2)45-35(30)49)15-29(33(32)52-37)26-16-43-36(44-17-26)47-19-23(3)50-24(4)20-47/h14-17,23-24,27H,9-13,18-21H2,1-8H3,(H,42,48)(H,45,49)/t23-,24+,27-,37?/m1/s1. The molecule has 4 heterocycles. The monoisotopic (exact) mass is 760 g/mol. The lowest BCUT2D eigenvalue weighted by Gasteiger charge is -2.35. The van der Waals surface area contributed by atoms with Crippen molar-refractivity contribution in [1.29, 1.82) is 0 Å². The summed E-state index contributed by atoms with van der Waals surface area (Å²) in [6.07, 6.45) is 3.92. The molecule has 2 N–H and O–H groups in total. The first-order chi connectivity index (χ1) is 25.0. The summed E-state index contributed by atoms with van der Waals surface area (Å²) >= 11 is 1.43. The molecule has 53 heavy (non-hydrogen) atoms. The molecule has 1 unspecified atom stereocenters. The van der Waals surface area contributed by atoms with Crippen LogP contribution < -0.4 is 25.2 Å². The summed E-state index contributed by atoms with van der Waals surface area (Å²) in [6.45, 7) is 11.7. The minimum absolute atomic E-state index is 0.0153. The minimum atomic E-state index is -4.28. The van der Waals surface area contributed by atoms with E-state index in [-0.39, 0.29) is 30.4 Å². The zero-order valence-corrected chi connectivity index (χ0v) is 32.6. The largest absolute Gasteiger partial charge is 0.448 e. The number of ether oxygens (including phenoxy) is 3. The van der Waals surface area contributed by atoms with E-state index >= 15 is 0 Å². The number of anilines is 1. The Morgan fingerprint density at radius 3 is 2.42 bits per heavy atom. The second-order valence-electron chi connectivity index (χ2n) is 14.4. The number of fused-ring (bicyclic) bond motifs is 1. The van der Waals surface area contributed by atoms with Gasteiger partial charge in [-0.25, -0.2) is 9.97 Å². The summed E-state index contributed by atoms with van der Waals surface area (Å²) in [5, 5.41) is 2.92. The van der Waals surface area contributed by atoms with Crippen LogP contribution in [0.1, 0.15) is 87.0 Å². The molecule has 0 bridgehead atoms. The number of morpholine rings is 1. The number of carbonyl (C=O) groups excluding carboxylic acids is 1. The van der Waals surface area contributed by atoms with Crippen molar-refractivity contribution in [2.24, 2.45) is 0 Å². The Morgan fingerprint density at radius 1 is 1.13 bits per heavy atom. The Bertz CT molecular complexity index is 1810. The van der Waals surface area contributed by atoms with Crippen molar-refractivity contribution in [3.05, 3.63) is 57.3 Å². The molecule has 0 radical (unpaired) electrons. The lowest BCUT2D eigenvalue weighted by Crippen LogP contribution is -2.46. The summed E-state index contributed by atoms with van der Waals surface area (Å²) in [7, 11) is 1.51. The number of alkyl halides is 3. The molecule has 15 heteroatoms. The number of pyridine rings is 1. The van der Waals surface area contributed by atoms with E-state index in [1.807, 2.05) is 40.0 Å². The molecule has 2 aliphatic heterocycles. The Balaban J connectivity index is 1.43. The van der Waals surface area contributed by atoms with Crippen LogP contribution in [0.2, 0.25) is 0 Å². The molecule has 1 fully saturated rings. The summed E-state index contributed by atoms with van der Waals surface area (Å²) in [4.78, 5) is 43.1. The molecule has 1 saturated heterocycles. The molecule has 2 aliphatic rings. The van der Waals surface area contributed by atoms with Gasteiger partial charge < -0.3 is 29.4 Å². The number of nitrogens with zero attached hydrogens (tertiary/aromatic N) is 4. The molecule has 0 aliphatic carbocycles. The van der Waals surface area contributed by atoms with Crippen LogP contribution in [-0.2, 0) is 11.3 Å². The van der Waals surface area contributed by atoms with E-state index in [0.29, 0.717) is 84.0 Å². The molecule has 1 aromatic carbocycles. The van der Waals surface area contributed by atoms with E-state index in [4.69, 9.17) is 14.2 Å². The summed E-state index contributed by atoms with van der Waals surface area (Å²) in [5.41, 5.74) is 2.97. The molecule has 1 amide bonds. The number of benzene rings is 1. The first-order valence-electron chi connectivity index (χ1n) is 18.1. The highest BCUT2D eigenvalue weighted by Crippen LogP contribution is 2.50. The highest BCUT2D eigenvalue weighted by Gasteiger charge is 2.41. The third-order valence-corrected chi connectivity index (χ3v) is 10.5. The van der Waals surface area contributed by atoms with Crippen molar-refractivity contribution in [3.63, 3.8) is 0 Å². The number of rotatable bonds is 14. The highest BCUT2D eigenvalue weighted by molar-refractivity contribution is 7.98. The lowest BCUT2D eigenvalue weighted by atomic mass is 9.98. The van der Waals surface area contributed by atoms with Gasteiger partial charge in [0.1, 0.15) is 0 Å². The van der Waals surface area contributed by atoms with E-state index in [9.17, 15) is 22.8 Å². The van der Waals surface area contributed by atoms with Gasteiger partial charge in [-0.05, 0) is 72.4 Å². The Morgan fingerprint density at radius 2 is 1.79 bits per heavy atom. The number of nitrogens with one attached hydrogen (secondary N) is 2. The first kappa shape index (κ1) is 40.4. The Kier molecular flexibility index (Phi) is 12.7. The summed E-state index contributed by atoms with van der Waals surface area (Å²) < 4.78 is 58.5. The van der Waals surface area contributed by atoms with Gasteiger partial charge in [-0.1, -0.05) is 13.3 Å². The Hall–Kier alpha value is -3.82. The average Bonchev–Trinajstić information content (AvgIpc) is 3.44. The van der Waals surface area contributed by atoms with Gasteiger partial charge in [0.05, 0.1) is 18.8 Å². The van der Waals surface area contributed by atoms with Crippen molar-refractivity contribution in [2.75, 3.05) is 37.8 Å². The molecule has 5 rings (SSSR count). The maximum Gasteiger partial charge on any atom is 0.401 e. The van der Waals surface area contributed by atoms with E-state index < -0.39 is 24.4 Å². The number of hydrogen-bond donors (Lipinski definition) is 2. The van der Waals surface area contributed by atoms with Gasteiger partial charge >= 0.3 is 6.18 Å². The molecule has 0 saturated carbocycles. The molecule has 290 valence electrons. The number of aryl methyl sites for hydroxylation is 1. The number of hydrogen-bond acceptors (Lipinski definition) is 10. The van der Waals surface area contributed by atoms with Crippen LogP contribution in [-0.4, -0.2) is 88.9 Å². The second kappa shape index (κ2) is 16.7. The van der Waals surface area contributed by atoms with E-state index in [1.165, 1.54) is 23.7 Å². The maximum atomic E-state index is 13.9. The van der Waals surface area contributed by atoms with E-state index in [1.54, 1.807) is 32.3 Å². The normalized spacial score (nSPS) is 20.6. The van der Waals surface area contributed by atoms with Gasteiger partial charge in [0.2, 0.25) is 11.7 Å².